The van der Waals surface area contributed by atoms with Crippen LogP contribution < -0.4 is 15.2 Å². The monoisotopic (exact) mass is 319 g/mol. The van der Waals surface area contributed by atoms with Gasteiger partial charge in [-0.3, -0.25) is 0 Å². The Balaban J connectivity index is 1.85. The van der Waals surface area contributed by atoms with Crippen LogP contribution >= 0.6 is 23.8 Å². The van der Waals surface area contributed by atoms with Gasteiger partial charge in [-0.15, -0.1) is 0 Å². The average molecular weight is 320 g/mol. The fourth-order valence-electron chi connectivity index (χ4n) is 2.40. The topological polar surface area (TPSA) is 44.5 Å². The van der Waals surface area contributed by atoms with E-state index >= 15 is 0 Å². The summed E-state index contributed by atoms with van der Waals surface area (Å²) in [6.07, 6.45) is 0.881. The van der Waals surface area contributed by atoms with Crippen molar-refractivity contribution in [3.05, 3.63) is 58.1 Å². The van der Waals surface area contributed by atoms with Gasteiger partial charge in [0.15, 0.2) is 0 Å². The predicted octanol–water partition coefficient (Wildman–Crippen LogP) is 3.49. The largest absolute Gasteiger partial charge is 0.493 e. The molecule has 21 heavy (non-hydrogen) atoms. The number of hydrogen-bond acceptors (Lipinski definition) is 3. The van der Waals surface area contributed by atoms with Crippen LogP contribution in [0, 0.1) is 0 Å². The van der Waals surface area contributed by atoms with E-state index in [-0.39, 0.29) is 0 Å². The number of hydrogen-bond donors (Lipinski definition) is 1. The number of fused-ring (bicyclic) bond motifs is 1. The third-order valence-corrected chi connectivity index (χ3v) is 3.80. The van der Waals surface area contributed by atoms with Crippen molar-refractivity contribution in [2.24, 2.45) is 5.73 Å². The maximum Gasteiger partial charge on any atom is 0.129 e. The van der Waals surface area contributed by atoms with E-state index in [0.29, 0.717) is 29.0 Å². The summed E-state index contributed by atoms with van der Waals surface area (Å²) in [6, 6.07) is 11.3. The highest BCUT2D eigenvalue weighted by molar-refractivity contribution is 7.80. The summed E-state index contributed by atoms with van der Waals surface area (Å²) in [7, 11) is 0. The van der Waals surface area contributed by atoms with E-state index in [2.05, 4.69) is 0 Å². The lowest BCUT2D eigenvalue weighted by molar-refractivity contribution is 0.291. The summed E-state index contributed by atoms with van der Waals surface area (Å²) in [5.41, 5.74) is 8.50. The van der Waals surface area contributed by atoms with Crippen molar-refractivity contribution in [3.63, 3.8) is 0 Å². The molecule has 0 radical (unpaired) electrons. The first kappa shape index (κ1) is 14.2. The molecule has 1 heterocycles. The Bertz CT molecular complexity index is 703. The Morgan fingerprint density at radius 2 is 2.14 bits per heavy atom. The summed E-state index contributed by atoms with van der Waals surface area (Å²) in [4.78, 5) is 0.318. The van der Waals surface area contributed by atoms with Crippen LogP contribution in [0.5, 0.6) is 11.5 Å². The zero-order chi connectivity index (χ0) is 14.8. The molecular formula is C16H14ClNO2S. The zero-order valence-electron chi connectivity index (χ0n) is 11.3. The van der Waals surface area contributed by atoms with Crippen LogP contribution in [0.3, 0.4) is 0 Å². The average Bonchev–Trinajstić information content (AvgIpc) is 2.93. The quantitative estimate of drug-likeness (QED) is 0.876. The third-order valence-electron chi connectivity index (χ3n) is 3.36. The molecule has 0 aliphatic carbocycles. The van der Waals surface area contributed by atoms with Crippen molar-refractivity contribution in [2.75, 3.05) is 6.61 Å². The second-order valence-corrected chi connectivity index (χ2v) is 5.68. The van der Waals surface area contributed by atoms with Crippen LogP contribution in [-0.2, 0) is 13.0 Å². The molecule has 0 atom stereocenters. The van der Waals surface area contributed by atoms with Gasteiger partial charge >= 0.3 is 0 Å². The van der Waals surface area contributed by atoms with Gasteiger partial charge < -0.3 is 15.2 Å². The van der Waals surface area contributed by atoms with Crippen LogP contribution in [-0.4, -0.2) is 11.6 Å². The van der Waals surface area contributed by atoms with Gasteiger partial charge in [0, 0.05) is 17.0 Å². The van der Waals surface area contributed by atoms with E-state index in [1.54, 1.807) is 0 Å². The highest BCUT2D eigenvalue weighted by atomic mass is 35.5. The molecule has 108 valence electrons. The van der Waals surface area contributed by atoms with Crippen LogP contribution in [0.2, 0.25) is 5.02 Å². The van der Waals surface area contributed by atoms with Gasteiger partial charge in [0.25, 0.3) is 0 Å². The standard InChI is InChI=1S/C16H14ClNO2S/c17-12-7-10-5-6-19-15(10)11(8-12)9-20-14-4-2-1-3-13(14)16(18)21/h1-4,7-8H,5-6,9H2,(H2,18,21). The minimum absolute atomic E-state index is 0.318. The fourth-order valence-corrected chi connectivity index (χ4v) is 2.84. The molecule has 5 heteroatoms. The molecule has 0 bridgehead atoms. The predicted molar refractivity (Wildman–Crippen MR) is 87.3 cm³/mol. The SMILES string of the molecule is NC(=S)c1ccccc1OCc1cc(Cl)cc2c1OCC2. The normalized spacial score (nSPS) is 12.6. The molecule has 0 saturated heterocycles. The van der Waals surface area contributed by atoms with Crippen molar-refractivity contribution < 1.29 is 9.47 Å². The molecule has 0 amide bonds. The Morgan fingerprint density at radius 3 is 2.95 bits per heavy atom. The third kappa shape index (κ3) is 2.96. The summed E-state index contributed by atoms with van der Waals surface area (Å²) < 4.78 is 11.5. The summed E-state index contributed by atoms with van der Waals surface area (Å²) in [5, 5.41) is 0.695. The number of rotatable bonds is 4. The van der Waals surface area contributed by atoms with Gasteiger partial charge in [-0.05, 0) is 29.8 Å². The van der Waals surface area contributed by atoms with Crippen LogP contribution in [0.15, 0.2) is 36.4 Å². The summed E-state index contributed by atoms with van der Waals surface area (Å²) in [5.74, 6) is 1.55. The molecule has 0 unspecified atom stereocenters. The van der Waals surface area contributed by atoms with E-state index in [9.17, 15) is 0 Å². The molecule has 0 fully saturated rings. The van der Waals surface area contributed by atoms with E-state index in [1.807, 2.05) is 36.4 Å². The highest BCUT2D eigenvalue weighted by Gasteiger charge is 2.18. The smallest absolute Gasteiger partial charge is 0.129 e. The first-order valence-corrected chi connectivity index (χ1v) is 7.39. The lowest BCUT2D eigenvalue weighted by Gasteiger charge is -2.13. The summed E-state index contributed by atoms with van der Waals surface area (Å²) >= 11 is 11.2. The van der Waals surface area contributed by atoms with E-state index in [4.69, 9.17) is 39.0 Å². The van der Waals surface area contributed by atoms with Crippen LogP contribution in [0.4, 0.5) is 0 Å². The molecule has 1 aliphatic rings. The molecule has 2 N–H and O–H groups in total. The van der Waals surface area contributed by atoms with Crippen LogP contribution in [0.1, 0.15) is 16.7 Å². The second-order valence-electron chi connectivity index (χ2n) is 4.80. The molecule has 0 saturated carbocycles. The van der Waals surface area contributed by atoms with E-state index in [0.717, 1.165) is 28.9 Å². The Labute approximate surface area is 133 Å². The molecule has 1 aliphatic heterocycles. The van der Waals surface area contributed by atoms with E-state index in [1.165, 1.54) is 0 Å². The maximum atomic E-state index is 6.14. The van der Waals surface area contributed by atoms with Crippen molar-refractivity contribution in [1.29, 1.82) is 0 Å². The molecule has 3 nitrogen and oxygen atoms in total. The zero-order valence-corrected chi connectivity index (χ0v) is 12.8. The molecule has 0 aromatic heterocycles. The number of benzene rings is 2. The van der Waals surface area contributed by atoms with Gasteiger partial charge in [-0.1, -0.05) is 36.0 Å². The minimum Gasteiger partial charge on any atom is -0.493 e. The first-order valence-electron chi connectivity index (χ1n) is 6.61. The number of thiocarbonyl (C=S) groups is 1. The first-order chi connectivity index (χ1) is 10.1. The van der Waals surface area contributed by atoms with Gasteiger partial charge in [-0.2, -0.15) is 0 Å². The number of para-hydroxylation sites is 1. The number of nitrogens with two attached hydrogens (primary N) is 1. The van der Waals surface area contributed by atoms with Crippen molar-refractivity contribution in [2.45, 2.75) is 13.0 Å². The van der Waals surface area contributed by atoms with Gasteiger partial charge in [0.1, 0.15) is 23.1 Å². The second kappa shape index (κ2) is 5.92. The van der Waals surface area contributed by atoms with Gasteiger partial charge in [0.2, 0.25) is 0 Å². The Kier molecular flexibility index (Phi) is 3.99. The minimum atomic E-state index is 0.318. The van der Waals surface area contributed by atoms with Gasteiger partial charge in [-0.25, -0.2) is 0 Å². The lowest BCUT2D eigenvalue weighted by Crippen LogP contribution is -2.11. The lowest BCUT2D eigenvalue weighted by atomic mass is 10.1. The molecule has 0 spiro atoms. The molecular weight excluding hydrogens is 306 g/mol. The number of halogens is 1. The van der Waals surface area contributed by atoms with E-state index < -0.39 is 0 Å². The maximum absolute atomic E-state index is 6.14. The van der Waals surface area contributed by atoms with Gasteiger partial charge in [0.05, 0.1) is 12.2 Å². The van der Waals surface area contributed by atoms with Crippen molar-refractivity contribution >= 4 is 28.8 Å². The van der Waals surface area contributed by atoms with Crippen LogP contribution in [0.25, 0.3) is 0 Å². The molecule has 2 aromatic carbocycles. The highest BCUT2D eigenvalue weighted by Crippen LogP contribution is 2.33. The fraction of sp³-hybridized carbons (Fsp3) is 0.188. The Hall–Kier alpha value is -1.78. The number of ether oxygens (including phenoxy) is 2. The summed E-state index contributed by atoms with van der Waals surface area (Å²) in [6.45, 7) is 1.05. The van der Waals surface area contributed by atoms with Crippen molar-refractivity contribution in [1.82, 2.24) is 0 Å². The molecule has 3 rings (SSSR count). The van der Waals surface area contributed by atoms with Crippen molar-refractivity contribution in [3.8, 4) is 11.5 Å². The Morgan fingerprint density at radius 1 is 1.33 bits per heavy atom. The molecule has 2 aromatic rings.